The average molecular weight is 652 g/mol. The molecular formula is C23H19N5Na2O9S3. The molecule has 0 bridgehead atoms. The van der Waals surface area contributed by atoms with Crippen LogP contribution in [0.3, 0.4) is 0 Å². The minimum absolute atomic E-state index is 0. The molecule has 0 saturated heterocycles. The van der Waals surface area contributed by atoms with E-state index in [1.54, 1.807) is 27.7 Å². The molecule has 210 valence electrons. The molecule has 14 nitrogen and oxygen atoms in total. The average Bonchev–Trinajstić information content (AvgIpc) is 3.26. The van der Waals surface area contributed by atoms with Gasteiger partial charge in [0, 0.05) is 28.5 Å². The molecule has 2 aromatic rings. The van der Waals surface area contributed by atoms with Crippen molar-refractivity contribution in [1.82, 2.24) is 0 Å². The van der Waals surface area contributed by atoms with Gasteiger partial charge in [0.15, 0.2) is 0 Å². The molecule has 2 rings (SSSR count). The number of nitrogens with one attached hydrogen (secondary N) is 1. The number of hydrogen-bond donors (Lipinski definition) is 1. The fourth-order valence-electron chi connectivity index (χ4n) is 2.71. The van der Waals surface area contributed by atoms with Crippen molar-refractivity contribution in [1.29, 1.82) is 0 Å². The molecule has 0 aliphatic carbocycles. The van der Waals surface area contributed by atoms with Crippen LogP contribution in [-0.2, 0) is 28.3 Å². The van der Waals surface area contributed by atoms with Gasteiger partial charge in [-0.3, -0.25) is 14.9 Å². The number of anilines is 2. The van der Waals surface area contributed by atoms with Crippen LogP contribution in [0, 0.1) is 42.0 Å². The minimum atomic E-state index is -0.624. The molecule has 0 atom stereocenters. The summed E-state index contributed by atoms with van der Waals surface area (Å²) in [6.07, 6.45) is 0. The zero-order valence-electron chi connectivity index (χ0n) is 23.2. The molecule has 42 heavy (non-hydrogen) atoms. The van der Waals surface area contributed by atoms with E-state index in [-0.39, 0.29) is 104 Å². The number of azo groups is 1. The third kappa shape index (κ3) is 12.5. The summed E-state index contributed by atoms with van der Waals surface area (Å²) in [6, 6.07) is 9.66. The standard InChI is InChI=1S/C23H21N5O9S3.2Na/c1-6-33-23(30)19-15(4)21(24-5)40-22(19)27-26-16-7-8-18(17(13-16)25-20(29)14(2)3)28(9-11-38-36-34-31)10-12-39-37-35-32;;/h7-8,13-14,31-32H,6H2,1-4H3,(H,25,29);;/q;2*+1/p-2. The first kappa shape index (κ1) is 40.3. The molecule has 1 heterocycles. The first-order chi connectivity index (χ1) is 19.3. The summed E-state index contributed by atoms with van der Waals surface area (Å²) in [7, 11) is 0. The van der Waals surface area contributed by atoms with Gasteiger partial charge in [-0.15, -0.1) is 21.6 Å². The number of amides is 1. The molecule has 1 aromatic carbocycles. The van der Waals surface area contributed by atoms with Crippen molar-refractivity contribution in [3.63, 3.8) is 0 Å². The Labute approximate surface area is 298 Å². The van der Waals surface area contributed by atoms with Crippen LogP contribution < -0.4 is 79.8 Å². The van der Waals surface area contributed by atoms with Crippen LogP contribution in [0.4, 0.5) is 27.1 Å². The van der Waals surface area contributed by atoms with E-state index in [0.29, 0.717) is 29.6 Å². The van der Waals surface area contributed by atoms with Crippen molar-refractivity contribution in [3.05, 3.63) is 40.7 Å². The van der Waals surface area contributed by atoms with E-state index in [1.807, 2.05) is 0 Å². The summed E-state index contributed by atoms with van der Waals surface area (Å²) < 4.78 is 13.3. The summed E-state index contributed by atoms with van der Waals surface area (Å²) in [5.41, 5.74) is 1.32. The SMILES string of the molecule is [C-]#[N+]c1sc(N=Nc2ccc(N(C#CSOO[O-])C#CSOO[O-])c(NC(=O)C(C)C)c2)c(C(=O)OCC)c1C.[Na+].[Na+]. The molecule has 0 fully saturated rings. The number of esters is 1. The number of ether oxygens (including phenoxy) is 1. The number of benzene rings is 1. The topological polar surface area (TPSA) is 171 Å². The molecule has 0 unspecified atom stereocenters. The fraction of sp³-hybridized carbons (Fsp3) is 0.261. The van der Waals surface area contributed by atoms with Crippen molar-refractivity contribution in [2.75, 3.05) is 16.8 Å². The van der Waals surface area contributed by atoms with E-state index in [9.17, 15) is 20.1 Å². The molecule has 0 radical (unpaired) electrons. The van der Waals surface area contributed by atoms with Crippen molar-refractivity contribution >= 4 is 74.4 Å². The molecule has 19 heteroatoms. The van der Waals surface area contributed by atoms with Gasteiger partial charge in [0.2, 0.25) is 10.9 Å². The van der Waals surface area contributed by atoms with Crippen LogP contribution in [0.2, 0.25) is 0 Å². The third-order valence-electron chi connectivity index (χ3n) is 4.47. The van der Waals surface area contributed by atoms with E-state index in [1.165, 1.54) is 18.2 Å². The van der Waals surface area contributed by atoms with Gasteiger partial charge in [-0.2, -0.15) is 8.67 Å². The number of hydrogen-bond acceptors (Lipinski definition) is 15. The van der Waals surface area contributed by atoms with E-state index in [2.05, 4.69) is 61.7 Å². The van der Waals surface area contributed by atoms with Gasteiger partial charge in [-0.25, -0.2) is 14.5 Å². The summed E-state index contributed by atoms with van der Waals surface area (Å²) in [6.45, 7) is 14.2. The normalized spacial score (nSPS) is 9.86. The van der Waals surface area contributed by atoms with E-state index < -0.39 is 11.9 Å². The summed E-state index contributed by atoms with van der Waals surface area (Å²) >= 11 is 1.73. The maximum Gasteiger partial charge on any atom is 1.00 e. The van der Waals surface area contributed by atoms with Gasteiger partial charge >= 0.3 is 65.1 Å². The second-order valence-corrected chi connectivity index (χ2v) is 9.28. The third-order valence-corrected chi connectivity index (χ3v) is 6.13. The van der Waals surface area contributed by atoms with Crippen LogP contribution in [0.1, 0.15) is 36.7 Å². The largest absolute Gasteiger partial charge is 1.00 e. The van der Waals surface area contributed by atoms with Crippen LogP contribution in [0.15, 0.2) is 28.4 Å². The zero-order valence-corrected chi connectivity index (χ0v) is 29.7. The molecular weight excluding hydrogens is 632 g/mol. The number of nitrogens with zero attached hydrogens (tertiary/aromatic N) is 4. The maximum absolute atomic E-state index is 12.5. The van der Waals surface area contributed by atoms with Crippen molar-refractivity contribution in [2.24, 2.45) is 16.1 Å². The van der Waals surface area contributed by atoms with E-state index in [0.717, 1.165) is 16.2 Å². The van der Waals surface area contributed by atoms with Crippen molar-refractivity contribution < 1.29 is 103 Å². The van der Waals surface area contributed by atoms with Crippen LogP contribution >= 0.6 is 35.4 Å². The molecule has 0 saturated carbocycles. The van der Waals surface area contributed by atoms with Crippen molar-refractivity contribution in [2.45, 2.75) is 27.7 Å². The summed E-state index contributed by atoms with van der Waals surface area (Å²) in [4.78, 5) is 29.6. The summed E-state index contributed by atoms with van der Waals surface area (Å²) in [5.74, 6) is -1.36. The molecule has 1 aromatic heterocycles. The van der Waals surface area contributed by atoms with E-state index in [4.69, 9.17) is 11.3 Å². The molecule has 0 aliphatic heterocycles. The Hall–Kier alpha value is -1.67. The fourth-order valence-corrected chi connectivity index (χ4v) is 3.99. The quantitative estimate of drug-likeness (QED) is 0.0277. The Balaban J connectivity index is 0.00000840. The number of carbonyl (C=O) groups is 2. The predicted octanol–water partition coefficient (Wildman–Crippen LogP) is -1.81. The molecule has 1 amide bonds. The Morgan fingerprint density at radius 1 is 1.14 bits per heavy atom. The van der Waals surface area contributed by atoms with Gasteiger partial charge in [0.05, 0.1) is 35.8 Å². The van der Waals surface area contributed by atoms with E-state index >= 15 is 0 Å². The van der Waals surface area contributed by atoms with Crippen LogP contribution in [0.25, 0.3) is 4.85 Å². The van der Waals surface area contributed by atoms with Gasteiger partial charge in [0.25, 0.3) is 0 Å². The second kappa shape index (κ2) is 21.9. The monoisotopic (exact) mass is 651 g/mol. The van der Waals surface area contributed by atoms with Crippen molar-refractivity contribution in [3.8, 4) is 22.6 Å². The maximum atomic E-state index is 12.5. The van der Waals surface area contributed by atoms with Gasteiger partial charge < -0.3 is 20.6 Å². The number of carbonyl (C=O) groups excluding carboxylic acids is 2. The molecule has 0 spiro atoms. The first-order valence-corrected chi connectivity index (χ1v) is 13.2. The Kier molecular flexibility index (Phi) is 21.1. The number of thiophene rings is 1. The van der Waals surface area contributed by atoms with Crippen LogP contribution in [-0.4, -0.2) is 18.5 Å². The minimum Gasteiger partial charge on any atom is -0.691 e. The molecule has 0 aliphatic rings. The summed E-state index contributed by atoms with van der Waals surface area (Å²) in [5, 5.41) is 42.9. The molecule has 1 N–H and O–H groups in total. The first-order valence-electron chi connectivity index (χ1n) is 10.9. The van der Waals surface area contributed by atoms with Gasteiger partial charge in [-0.1, -0.05) is 13.8 Å². The Morgan fingerprint density at radius 3 is 2.29 bits per heavy atom. The zero-order chi connectivity index (χ0) is 29.5. The predicted molar refractivity (Wildman–Crippen MR) is 143 cm³/mol. The number of rotatable bonds is 11. The Bertz CT molecular complexity index is 1390. The van der Waals surface area contributed by atoms with Gasteiger partial charge in [0.1, 0.15) is 29.1 Å². The second-order valence-electron chi connectivity index (χ2n) is 7.29. The van der Waals surface area contributed by atoms with Crippen LogP contribution in [0.5, 0.6) is 0 Å². The Morgan fingerprint density at radius 2 is 1.76 bits per heavy atom. The smallest absolute Gasteiger partial charge is 0.691 e. The van der Waals surface area contributed by atoms with Gasteiger partial charge in [-0.05, 0) is 37.6 Å².